The quantitative estimate of drug-likeness (QED) is 0.842. The monoisotopic (exact) mass is 289 g/mol. The molecule has 1 aliphatic carbocycles. The summed E-state index contributed by atoms with van der Waals surface area (Å²) in [7, 11) is 0. The van der Waals surface area contributed by atoms with Gasteiger partial charge in [0.1, 0.15) is 5.54 Å². The number of para-hydroxylation sites is 1. The van der Waals surface area contributed by atoms with E-state index in [0.717, 1.165) is 24.9 Å². The molecular formula is C18H27NO2. The van der Waals surface area contributed by atoms with E-state index in [1.54, 1.807) is 0 Å². The van der Waals surface area contributed by atoms with E-state index in [2.05, 4.69) is 26.1 Å². The number of anilines is 1. The van der Waals surface area contributed by atoms with Crippen molar-refractivity contribution in [3.05, 3.63) is 30.3 Å². The SMILES string of the molecule is CCOC(=O)C1(Nc2ccccc2)CCC(C)(C)CC1C. The first kappa shape index (κ1) is 15.9. The van der Waals surface area contributed by atoms with Gasteiger partial charge >= 0.3 is 5.97 Å². The zero-order chi connectivity index (χ0) is 15.5. The molecule has 1 N–H and O–H groups in total. The number of esters is 1. The number of hydrogen-bond acceptors (Lipinski definition) is 3. The highest BCUT2D eigenvalue weighted by molar-refractivity contribution is 5.85. The maximum absolute atomic E-state index is 12.7. The molecule has 2 atom stereocenters. The summed E-state index contributed by atoms with van der Waals surface area (Å²) in [6, 6.07) is 9.97. The standard InChI is InChI=1S/C18H27NO2/c1-5-21-16(20)18(19-15-9-7-6-8-10-15)12-11-17(3,4)13-14(18)2/h6-10,14,19H,5,11-13H2,1-4H3. The lowest BCUT2D eigenvalue weighted by Crippen LogP contribution is -2.56. The Morgan fingerprint density at radius 3 is 2.52 bits per heavy atom. The van der Waals surface area contributed by atoms with Crippen LogP contribution in [-0.2, 0) is 9.53 Å². The predicted molar refractivity (Wildman–Crippen MR) is 86.2 cm³/mol. The Balaban J connectivity index is 2.29. The molecule has 1 fully saturated rings. The molecule has 2 rings (SSSR count). The van der Waals surface area contributed by atoms with Gasteiger partial charge in [0.25, 0.3) is 0 Å². The van der Waals surface area contributed by atoms with Gasteiger partial charge in [-0.1, -0.05) is 39.0 Å². The minimum absolute atomic E-state index is 0.114. The van der Waals surface area contributed by atoms with Gasteiger partial charge in [-0.15, -0.1) is 0 Å². The minimum atomic E-state index is -0.604. The third-order valence-corrected chi connectivity index (χ3v) is 4.68. The number of carbonyl (C=O) groups excluding carboxylic acids is 1. The first-order chi connectivity index (χ1) is 9.89. The predicted octanol–water partition coefficient (Wildman–Crippen LogP) is 4.25. The summed E-state index contributed by atoms with van der Waals surface area (Å²) in [5.41, 5.74) is 0.665. The minimum Gasteiger partial charge on any atom is -0.464 e. The Hall–Kier alpha value is -1.51. The molecule has 0 heterocycles. The van der Waals surface area contributed by atoms with Crippen LogP contribution in [0.4, 0.5) is 5.69 Å². The van der Waals surface area contributed by atoms with E-state index >= 15 is 0 Å². The molecule has 21 heavy (non-hydrogen) atoms. The van der Waals surface area contributed by atoms with Crippen LogP contribution in [0.2, 0.25) is 0 Å². The summed E-state index contributed by atoms with van der Waals surface area (Å²) >= 11 is 0. The number of nitrogens with one attached hydrogen (secondary N) is 1. The number of carbonyl (C=O) groups is 1. The Labute approximate surface area is 128 Å². The molecule has 116 valence electrons. The Kier molecular flexibility index (Phi) is 4.60. The second kappa shape index (κ2) is 6.08. The van der Waals surface area contributed by atoms with Crippen molar-refractivity contribution in [2.45, 2.75) is 52.5 Å². The fraction of sp³-hybridized carbons (Fsp3) is 0.611. The molecule has 0 aromatic heterocycles. The van der Waals surface area contributed by atoms with Gasteiger partial charge in [-0.25, -0.2) is 4.79 Å². The van der Waals surface area contributed by atoms with E-state index in [4.69, 9.17) is 4.74 Å². The van der Waals surface area contributed by atoms with Gasteiger partial charge in [-0.2, -0.15) is 0 Å². The summed E-state index contributed by atoms with van der Waals surface area (Å²) in [4.78, 5) is 12.7. The second-order valence-corrected chi connectivity index (χ2v) is 6.95. The topological polar surface area (TPSA) is 38.3 Å². The van der Waals surface area contributed by atoms with Crippen LogP contribution in [0, 0.1) is 11.3 Å². The van der Waals surface area contributed by atoms with Gasteiger partial charge < -0.3 is 10.1 Å². The highest BCUT2D eigenvalue weighted by Crippen LogP contribution is 2.45. The third kappa shape index (κ3) is 3.39. The van der Waals surface area contributed by atoms with Gasteiger partial charge in [0.15, 0.2) is 0 Å². The average Bonchev–Trinajstić information content (AvgIpc) is 2.43. The van der Waals surface area contributed by atoms with Gasteiger partial charge in [-0.3, -0.25) is 0 Å². The lowest BCUT2D eigenvalue weighted by Gasteiger charge is -2.47. The first-order valence-electron chi connectivity index (χ1n) is 7.90. The lowest BCUT2D eigenvalue weighted by molar-refractivity contribution is -0.153. The van der Waals surface area contributed by atoms with Crippen molar-refractivity contribution in [1.29, 1.82) is 0 Å². The molecule has 1 saturated carbocycles. The van der Waals surface area contributed by atoms with E-state index in [0.29, 0.717) is 6.61 Å². The van der Waals surface area contributed by atoms with Crippen LogP contribution in [0.25, 0.3) is 0 Å². The van der Waals surface area contributed by atoms with Gasteiger partial charge in [0.2, 0.25) is 0 Å². The summed E-state index contributed by atoms with van der Waals surface area (Å²) in [5.74, 6) is 0.123. The number of hydrogen-bond donors (Lipinski definition) is 1. The molecule has 3 heteroatoms. The van der Waals surface area contributed by atoms with E-state index in [-0.39, 0.29) is 17.3 Å². The van der Waals surface area contributed by atoms with Crippen LogP contribution >= 0.6 is 0 Å². The smallest absolute Gasteiger partial charge is 0.332 e. The van der Waals surface area contributed by atoms with Crippen LogP contribution in [0.1, 0.15) is 47.0 Å². The molecule has 1 aromatic rings. The molecule has 1 aliphatic rings. The maximum atomic E-state index is 12.7. The summed E-state index contributed by atoms with van der Waals surface area (Å²) in [5, 5.41) is 3.49. The molecule has 0 saturated heterocycles. The van der Waals surface area contributed by atoms with E-state index in [1.807, 2.05) is 37.3 Å². The number of benzene rings is 1. The molecule has 0 radical (unpaired) electrons. The number of rotatable bonds is 4. The normalized spacial score (nSPS) is 27.9. The summed E-state index contributed by atoms with van der Waals surface area (Å²) in [6.07, 6.45) is 2.86. The Bertz CT molecular complexity index is 483. The van der Waals surface area contributed by atoms with Gasteiger partial charge in [0.05, 0.1) is 6.61 Å². The molecule has 0 spiro atoms. The highest BCUT2D eigenvalue weighted by Gasteiger charge is 2.50. The van der Waals surface area contributed by atoms with Gasteiger partial charge in [-0.05, 0) is 49.7 Å². The molecule has 2 unspecified atom stereocenters. The van der Waals surface area contributed by atoms with Crippen LogP contribution in [-0.4, -0.2) is 18.1 Å². The molecule has 0 bridgehead atoms. The van der Waals surface area contributed by atoms with E-state index in [1.165, 1.54) is 0 Å². The molecule has 3 nitrogen and oxygen atoms in total. The van der Waals surface area contributed by atoms with Crippen molar-refractivity contribution in [3.63, 3.8) is 0 Å². The maximum Gasteiger partial charge on any atom is 0.332 e. The number of ether oxygens (including phenoxy) is 1. The van der Waals surface area contributed by atoms with Crippen molar-refractivity contribution < 1.29 is 9.53 Å². The van der Waals surface area contributed by atoms with E-state index in [9.17, 15) is 4.79 Å². The molecule has 0 amide bonds. The van der Waals surface area contributed by atoms with Crippen molar-refractivity contribution in [3.8, 4) is 0 Å². The zero-order valence-corrected chi connectivity index (χ0v) is 13.6. The van der Waals surface area contributed by atoms with Crippen molar-refractivity contribution >= 4 is 11.7 Å². The second-order valence-electron chi connectivity index (χ2n) is 6.95. The fourth-order valence-electron chi connectivity index (χ4n) is 3.47. The largest absolute Gasteiger partial charge is 0.464 e. The van der Waals surface area contributed by atoms with Crippen molar-refractivity contribution in [2.75, 3.05) is 11.9 Å². The fourth-order valence-corrected chi connectivity index (χ4v) is 3.47. The summed E-state index contributed by atoms with van der Waals surface area (Å²) in [6.45, 7) is 9.01. The molecule has 1 aromatic carbocycles. The van der Waals surface area contributed by atoms with Crippen LogP contribution in [0.3, 0.4) is 0 Å². The third-order valence-electron chi connectivity index (χ3n) is 4.68. The first-order valence-corrected chi connectivity index (χ1v) is 7.90. The highest BCUT2D eigenvalue weighted by atomic mass is 16.5. The zero-order valence-electron chi connectivity index (χ0n) is 13.6. The van der Waals surface area contributed by atoms with Crippen LogP contribution in [0.5, 0.6) is 0 Å². The average molecular weight is 289 g/mol. The molecular weight excluding hydrogens is 262 g/mol. The van der Waals surface area contributed by atoms with E-state index < -0.39 is 5.54 Å². The lowest BCUT2D eigenvalue weighted by atomic mass is 9.63. The van der Waals surface area contributed by atoms with Gasteiger partial charge in [0, 0.05) is 5.69 Å². The van der Waals surface area contributed by atoms with Crippen LogP contribution in [0.15, 0.2) is 30.3 Å². The Morgan fingerprint density at radius 1 is 1.29 bits per heavy atom. The van der Waals surface area contributed by atoms with Crippen molar-refractivity contribution in [1.82, 2.24) is 0 Å². The van der Waals surface area contributed by atoms with Crippen molar-refractivity contribution in [2.24, 2.45) is 11.3 Å². The Morgan fingerprint density at radius 2 is 1.95 bits per heavy atom. The van der Waals surface area contributed by atoms with Crippen LogP contribution < -0.4 is 5.32 Å². The molecule has 0 aliphatic heterocycles. The summed E-state index contributed by atoms with van der Waals surface area (Å²) < 4.78 is 5.39.